The van der Waals surface area contributed by atoms with Gasteiger partial charge in [0.2, 0.25) is 0 Å². The zero-order valence-corrected chi connectivity index (χ0v) is 11.0. The Kier molecular flexibility index (Phi) is 3.92. The van der Waals surface area contributed by atoms with Gasteiger partial charge in [0.25, 0.3) is 0 Å². The molecule has 4 nitrogen and oxygen atoms in total. The molecule has 2 aliphatic rings. The van der Waals surface area contributed by atoms with Crippen LogP contribution in [-0.2, 0) is 4.74 Å². The third kappa shape index (κ3) is 3.87. The fourth-order valence-corrected chi connectivity index (χ4v) is 2.55. The molecule has 1 heterocycles. The van der Waals surface area contributed by atoms with Gasteiger partial charge in [-0.05, 0) is 51.9 Å². The molecule has 17 heavy (non-hydrogen) atoms. The van der Waals surface area contributed by atoms with Crippen LogP contribution in [0.15, 0.2) is 4.99 Å². The minimum absolute atomic E-state index is 0.00853. The van der Waals surface area contributed by atoms with Crippen molar-refractivity contribution >= 4 is 5.96 Å². The lowest BCUT2D eigenvalue weighted by atomic mass is 9.88. The van der Waals surface area contributed by atoms with Gasteiger partial charge in [-0.1, -0.05) is 0 Å². The first-order valence-corrected chi connectivity index (χ1v) is 6.75. The van der Waals surface area contributed by atoms with E-state index in [1.165, 1.54) is 19.3 Å². The number of hydrogen-bond donors (Lipinski definition) is 2. The second-order valence-electron chi connectivity index (χ2n) is 5.97. The second-order valence-corrected chi connectivity index (χ2v) is 5.97. The van der Waals surface area contributed by atoms with E-state index in [2.05, 4.69) is 24.2 Å². The summed E-state index contributed by atoms with van der Waals surface area (Å²) in [5.41, 5.74) is 5.89. The van der Waals surface area contributed by atoms with Crippen molar-refractivity contribution in [3.05, 3.63) is 0 Å². The molecule has 1 unspecified atom stereocenters. The zero-order chi connectivity index (χ0) is 12.3. The maximum atomic E-state index is 5.88. The quantitative estimate of drug-likeness (QED) is 0.581. The lowest BCUT2D eigenvalue weighted by Crippen LogP contribution is -2.44. The molecule has 1 aliphatic carbocycles. The molecule has 0 spiro atoms. The van der Waals surface area contributed by atoms with Crippen molar-refractivity contribution in [1.29, 1.82) is 0 Å². The summed E-state index contributed by atoms with van der Waals surface area (Å²) in [4.78, 5) is 4.46. The minimum Gasteiger partial charge on any atom is -0.376 e. The Morgan fingerprint density at radius 2 is 2.18 bits per heavy atom. The molecule has 2 fully saturated rings. The van der Waals surface area contributed by atoms with Crippen LogP contribution in [0.4, 0.5) is 0 Å². The number of nitrogens with zero attached hydrogens (tertiary/aromatic N) is 1. The molecule has 0 aromatic heterocycles. The predicted molar refractivity (Wildman–Crippen MR) is 70.0 cm³/mol. The topological polar surface area (TPSA) is 59.6 Å². The van der Waals surface area contributed by atoms with E-state index in [1.807, 2.05) is 0 Å². The number of nitrogens with one attached hydrogen (secondary N) is 1. The van der Waals surface area contributed by atoms with E-state index in [4.69, 9.17) is 10.5 Å². The van der Waals surface area contributed by atoms with Gasteiger partial charge in [0, 0.05) is 19.2 Å². The summed E-state index contributed by atoms with van der Waals surface area (Å²) < 4.78 is 5.70. The van der Waals surface area contributed by atoms with Crippen LogP contribution < -0.4 is 11.1 Å². The highest BCUT2D eigenvalue weighted by Gasteiger charge is 2.28. The minimum atomic E-state index is 0.00853. The summed E-state index contributed by atoms with van der Waals surface area (Å²) in [6.45, 7) is 5.99. The molecule has 0 aromatic carbocycles. The van der Waals surface area contributed by atoms with Gasteiger partial charge >= 0.3 is 0 Å². The molecule has 3 N–H and O–H groups in total. The second kappa shape index (κ2) is 5.25. The van der Waals surface area contributed by atoms with Gasteiger partial charge < -0.3 is 15.8 Å². The van der Waals surface area contributed by atoms with Crippen LogP contribution in [0.3, 0.4) is 0 Å². The summed E-state index contributed by atoms with van der Waals surface area (Å²) in [5, 5.41) is 3.27. The van der Waals surface area contributed by atoms with Crippen molar-refractivity contribution < 1.29 is 4.74 Å². The van der Waals surface area contributed by atoms with Crippen molar-refractivity contribution in [2.45, 2.75) is 57.6 Å². The van der Waals surface area contributed by atoms with E-state index in [1.54, 1.807) is 0 Å². The van der Waals surface area contributed by atoms with Crippen LogP contribution in [0.5, 0.6) is 0 Å². The zero-order valence-electron chi connectivity index (χ0n) is 11.0. The largest absolute Gasteiger partial charge is 0.376 e. The highest BCUT2D eigenvalue weighted by atomic mass is 16.5. The van der Waals surface area contributed by atoms with Crippen molar-refractivity contribution in [1.82, 2.24) is 5.32 Å². The molecule has 0 amide bonds. The Morgan fingerprint density at radius 3 is 2.76 bits per heavy atom. The molecule has 1 atom stereocenters. The lowest BCUT2D eigenvalue weighted by Gasteiger charge is -2.35. The Labute approximate surface area is 104 Å². The molecule has 98 valence electrons. The Morgan fingerprint density at radius 1 is 1.41 bits per heavy atom. The third-order valence-corrected chi connectivity index (χ3v) is 3.78. The maximum Gasteiger partial charge on any atom is 0.188 e. The standard InChI is InChI=1S/C13H25N3O/c1-13(2)8-10(6-7-17-13)9-15-12(14)16-11-4-3-5-11/h10-11H,3-9H2,1-2H3,(H3,14,15,16). The molecule has 1 aliphatic heterocycles. The first kappa shape index (κ1) is 12.7. The lowest BCUT2D eigenvalue weighted by molar-refractivity contribution is -0.0705. The van der Waals surface area contributed by atoms with Crippen LogP contribution in [-0.4, -0.2) is 30.8 Å². The Hall–Kier alpha value is -0.770. The van der Waals surface area contributed by atoms with E-state index in [0.717, 1.165) is 26.0 Å². The van der Waals surface area contributed by atoms with Crippen molar-refractivity contribution in [3.63, 3.8) is 0 Å². The SMILES string of the molecule is CC1(C)CC(CN=C(N)NC2CCC2)CCO1. The Bertz CT molecular complexity index is 284. The third-order valence-electron chi connectivity index (χ3n) is 3.78. The molecule has 1 saturated carbocycles. The Balaban J connectivity index is 1.74. The predicted octanol–water partition coefficient (Wildman–Crippen LogP) is 1.65. The molecule has 1 saturated heterocycles. The van der Waals surface area contributed by atoms with Crippen LogP contribution in [0.2, 0.25) is 0 Å². The monoisotopic (exact) mass is 239 g/mol. The van der Waals surface area contributed by atoms with E-state index in [0.29, 0.717) is 17.9 Å². The van der Waals surface area contributed by atoms with Gasteiger partial charge in [-0.25, -0.2) is 0 Å². The van der Waals surface area contributed by atoms with Gasteiger partial charge in [0.05, 0.1) is 5.60 Å². The van der Waals surface area contributed by atoms with Crippen LogP contribution in [0.25, 0.3) is 0 Å². The van der Waals surface area contributed by atoms with Crippen molar-refractivity contribution in [3.8, 4) is 0 Å². The highest BCUT2D eigenvalue weighted by molar-refractivity contribution is 5.78. The summed E-state index contributed by atoms with van der Waals surface area (Å²) in [7, 11) is 0. The molecule has 2 rings (SSSR count). The first-order chi connectivity index (χ1) is 8.05. The number of nitrogens with two attached hydrogens (primary N) is 1. The number of guanidine groups is 1. The fraction of sp³-hybridized carbons (Fsp3) is 0.923. The van der Waals surface area contributed by atoms with Crippen LogP contribution in [0, 0.1) is 5.92 Å². The van der Waals surface area contributed by atoms with Gasteiger partial charge in [-0.2, -0.15) is 0 Å². The van der Waals surface area contributed by atoms with Gasteiger partial charge in [-0.3, -0.25) is 4.99 Å². The first-order valence-electron chi connectivity index (χ1n) is 6.75. The van der Waals surface area contributed by atoms with E-state index >= 15 is 0 Å². The molecule has 0 radical (unpaired) electrons. The average molecular weight is 239 g/mol. The smallest absolute Gasteiger partial charge is 0.188 e. The molecule has 0 aromatic rings. The molecular formula is C13H25N3O. The number of hydrogen-bond acceptors (Lipinski definition) is 2. The number of ether oxygens (including phenoxy) is 1. The summed E-state index contributed by atoms with van der Waals surface area (Å²) >= 11 is 0. The fourth-order valence-electron chi connectivity index (χ4n) is 2.55. The van der Waals surface area contributed by atoms with Crippen LogP contribution >= 0.6 is 0 Å². The van der Waals surface area contributed by atoms with Gasteiger partial charge in [0.1, 0.15) is 0 Å². The normalized spacial score (nSPS) is 29.8. The average Bonchev–Trinajstić information content (AvgIpc) is 2.19. The summed E-state index contributed by atoms with van der Waals surface area (Å²) in [5.74, 6) is 1.24. The van der Waals surface area contributed by atoms with Gasteiger partial charge in [0.15, 0.2) is 5.96 Å². The molecular weight excluding hydrogens is 214 g/mol. The van der Waals surface area contributed by atoms with Gasteiger partial charge in [-0.15, -0.1) is 0 Å². The highest BCUT2D eigenvalue weighted by Crippen LogP contribution is 2.28. The maximum absolute atomic E-state index is 5.88. The number of aliphatic imine (C=N–C) groups is 1. The van der Waals surface area contributed by atoms with E-state index < -0.39 is 0 Å². The summed E-state index contributed by atoms with van der Waals surface area (Å²) in [6, 6.07) is 0.574. The van der Waals surface area contributed by atoms with Crippen LogP contribution in [0.1, 0.15) is 46.0 Å². The molecule has 0 bridgehead atoms. The molecule has 4 heteroatoms. The van der Waals surface area contributed by atoms with Crippen molar-refractivity contribution in [2.24, 2.45) is 16.6 Å². The van der Waals surface area contributed by atoms with E-state index in [-0.39, 0.29) is 5.60 Å². The van der Waals surface area contributed by atoms with E-state index in [9.17, 15) is 0 Å². The number of rotatable bonds is 3. The van der Waals surface area contributed by atoms with Crippen molar-refractivity contribution in [2.75, 3.05) is 13.2 Å². The summed E-state index contributed by atoms with van der Waals surface area (Å²) in [6.07, 6.45) is 5.97.